The lowest BCUT2D eigenvalue weighted by molar-refractivity contribution is -0.134. The number of rotatable bonds is 6. The van der Waals surface area contributed by atoms with Crippen molar-refractivity contribution in [3.05, 3.63) is 22.2 Å². The monoisotopic (exact) mass is 441 g/mol. The van der Waals surface area contributed by atoms with E-state index in [1.54, 1.807) is 11.0 Å². The maximum absolute atomic E-state index is 12.3. The van der Waals surface area contributed by atoms with Crippen LogP contribution in [0.3, 0.4) is 0 Å². The SMILES string of the molecule is COc1cc(OC)c(NC(=O)Nc2nnc(CC(=O)N3CCOCC3)s2)cc1Cl. The molecule has 1 fully saturated rings. The number of amides is 3. The standard InChI is InChI=1S/C17H20ClN5O5S/c1-26-12-8-13(27-2)11(7-10(12)18)19-16(25)20-17-22-21-14(29-17)9-15(24)23-3-5-28-6-4-23/h7-8H,3-6,9H2,1-2H3,(H2,19,20,22,25). The van der Waals surface area contributed by atoms with Crippen LogP contribution in [0.5, 0.6) is 11.5 Å². The maximum Gasteiger partial charge on any atom is 0.325 e. The summed E-state index contributed by atoms with van der Waals surface area (Å²) < 4.78 is 15.6. The van der Waals surface area contributed by atoms with Crippen molar-refractivity contribution in [3.8, 4) is 11.5 Å². The zero-order valence-corrected chi connectivity index (χ0v) is 17.4. The van der Waals surface area contributed by atoms with Crippen molar-refractivity contribution in [3.63, 3.8) is 0 Å². The number of benzene rings is 1. The van der Waals surface area contributed by atoms with E-state index in [0.29, 0.717) is 53.5 Å². The zero-order chi connectivity index (χ0) is 20.8. The molecule has 0 bridgehead atoms. The van der Waals surface area contributed by atoms with Crippen molar-refractivity contribution in [2.45, 2.75) is 6.42 Å². The van der Waals surface area contributed by atoms with Crippen molar-refractivity contribution in [2.24, 2.45) is 0 Å². The van der Waals surface area contributed by atoms with E-state index < -0.39 is 6.03 Å². The summed E-state index contributed by atoms with van der Waals surface area (Å²) >= 11 is 7.23. The summed E-state index contributed by atoms with van der Waals surface area (Å²) in [6.45, 7) is 2.20. The smallest absolute Gasteiger partial charge is 0.325 e. The van der Waals surface area contributed by atoms with Gasteiger partial charge in [0.25, 0.3) is 0 Å². The van der Waals surface area contributed by atoms with Crippen LogP contribution in [0, 0.1) is 0 Å². The molecule has 10 nitrogen and oxygen atoms in total. The van der Waals surface area contributed by atoms with Crippen molar-refractivity contribution < 1.29 is 23.8 Å². The van der Waals surface area contributed by atoms with Gasteiger partial charge in [0.15, 0.2) is 0 Å². The Hall–Kier alpha value is -2.63. The fourth-order valence-corrected chi connectivity index (χ4v) is 3.60. The van der Waals surface area contributed by atoms with Gasteiger partial charge in [-0.2, -0.15) is 0 Å². The third kappa shape index (κ3) is 5.46. The average molecular weight is 442 g/mol. The lowest BCUT2D eigenvalue weighted by Gasteiger charge is -2.26. The summed E-state index contributed by atoms with van der Waals surface area (Å²) in [6, 6.07) is 2.54. The average Bonchev–Trinajstić information content (AvgIpc) is 3.15. The first-order valence-electron chi connectivity index (χ1n) is 8.67. The second-order valence-electron chi connectivity index (χ2n) is 5.94. The quantitative estimate of drug-likeness (QED) is 0.706. The number of nitrogens with zero attached hydrogens (tertiary/aromatic N) is 3. The topological polar surface area (TPSA) is 115 Å². The largest absolute Gasteiger partial charge is 0.495 e. The van der Waals surface area contributed by atoms with Gasteiger partial charge in [0.1, 0.15) is 16.5 Å². The second-order valence-corrected chi connectivity index (χ2v) is 7.41. The first-order valence-corrected chi connectivity index (χ1v) is 9.87. The first-order chi connectivity index (χ1) is 14.0. The molecule has 1 aliphatic rings. The number of methoxy groups -OCH3 is 2. The van der Waals surface area contributed by atoms with E-state index in [4.69, 9.17) is 25.8 Å². The number of hydrogen-bond acceptors (Lipinski definition) is 8. The summed E-state index contributed by atoms with van der Waals surface area (Å²) in [6.07, 6.45) is 0.128. The minimum atomic E-state index is -0.549. The van der Waals surface area contributed by atoms with Gasteiger partial charge in [-0.05, 0) is 6.07 Å². The summed E-state index contributed by atoms with van der Waals surface area (Å²) in [7, 11) is 2.95. The van der Waals surface area contributed by atoms with Gasteiger partial charge in [-0.15, -0.1) is 10.2 Å². The van der Waals surface area contributed by atoms with Gasteiger partial charge in [0.2, 0.25) is 11.0 Å². The molecule has 0 saturated carbocycles. The molecule has 12 heteroatoms. The molecule has 2 aromatic rings. The summed E-state index contributed by atoms with van der Waals surface area (Å²) in [5.74, 6) is 0.765. The van der Waals surface area contributed by atoms with Crippen molar-refractivity contribution >= 4 is 45.7 Å². The number of halogens is 1. The Kier molecular flexibility index (Phi) is 7.07. The van der Waals surface area contributed by atoms with Crippen LogP contribution in [0.2, 0.25) is 5.02 Å². The van der Waals surface area contributed by atoms with Crippen LogP contribution in [-0.4, -0.2) is 67.6 Å². The Labute approximate surface area is 176 Å². The predicted octanol–water partition coefficient (Wildman–Crippen LogP) is 2.25. The zero-order valence-electron chi connectivity index (χ0n) is 15.9. The number of hydrogen-bond donors (Lipinski definition) is 2. The van der Waals surface area contributed by atoms with Crippen LogP contribution in [-0.2, 0) is 16.0 Å². The summed E-state index contributed by atoms with van der Waals surface area (Å²) in [5, 5.41) is 14.2. The predicted molar refractivity (Wildman–Crippen MR) is 108 cm³/mol. The van der Waals surface area contributed by atoms with E-state index in [1.165, 1.54) is 20.3 Å². The molecule has 29 heavy (non-hydrogen) atoms. The molecule has 2 heterocycles. The van der Waals surface area contributed by atoms with Crippen LogP contribution in [0.15, 0.2) is 12.1 Å². The van der Waals surface area contributed by atoms with Gasteiger partial charge in [0.05, 0.1) is 44.6 Å². The summed E-state index contributed by atoms with van der Waals surface area (Å²) in [4.78, 5) is 26.3. The molecule has 0 atom stereocenters. The van der Waals surface area contributed by atoms with Gasteiger partial charge < -0.3 is 24.4 Å². The van der Waals surface area contributed by atoms with Crippen LogP contribution in [0.25, 0.3) is 0 Å². The van der Waals surface area contributed by atoms with Gasteiger partial charge >= 0.3 is 6.03 Å². The van der Waals surface area contributed by atoms with E-state index in [2.05, 4.69) is 20.8 Å². The molecule has 1 aliphatic heterocycles. The molecule has 0 spiro atoms. The normalized spacial score (nSPS) is 13.7. The Morgan fingerprint density at radius 2 is 1.90 bits per heavy atom. The Bertz CT molecular complexity index is 887. The molecule has 3 amide bonds. The number of anilines is 2. The van der Waals surface area contributed by atoms with Crippen LogP contribution >= 0.6 is 22.9 Å². The second kappa shape index (κ2) is 9.72. The molecule has 3 rings (SSSR count). The number of aromatic nitrogens is 2. The molecule has 1 aromatic heterocycles. The Morgan fingerprint density at radius 3 is 2.59 bits per heavy atom. The fourth-order valence-electron chi connectivity index (χ4n) is 2.64. The van der Waals surface area contributed by atoms with Gasteiger partial charge in [-0.1, -0.05) is 22.9 Å². The van der Waals surface area contributed by atoms with E-state index in [1.807, 2.05) is 0 Å². The lowest BCUT2D eigenvalue weighted by atomic mass is 10.2. The molecule has 0 radical (unpaired) electrons. The molecule has 0 aliphatic carbocycles. The van der Waals surface area contributed by atoms with E-state index in [-0.39, 0.29) is 17.5 Å². The highest BCUT2D eigenvalue weighted by Crippen LogP contribution is 2.36. The van der Waals surface area contributed by atoms with E-state index >= 15 is 0 Å². The van der Waals surface area contributed by atoms with E-state index in [9.17, 15) is 9.59 Å². The van der Waals surface area contributed by atoms with Crippen molar-refractivity contribution in [2.75, 3.05) is 51.2 Å². The molecule has 1 saturated heterocycles. The Morgan fingerprint density at radius 1 is 1.17 bits per heavy atom. The number of ether oxygens (including phenoxy) is 3. The van der Waals surface area contributed by atoms with Gasteiger partial charge in [0, 0.05) is 19.2 Å². The minimum absolute atomic E-state index is 0.0435. The number of nitrogens with one attached hydrogen (secondary N) is 2. The van der Waals surface area contributed by atoms with Crippen LogP contribution < -0.4 is 20.1 Å². The minimum Gasteiger partial charge on any atom is -0.495 e. The molecular formula is C17H20ClN5O5S. The number of carbonyl (C=O) groups is 2. The molecular weight excluding hydrogens is 422 g/mol. The van der Waals surface area contributed by atoms with Crippen LogP contribution in [0.1, 0.15) is 5.01 Å². The van der Waals surface area contributed by atoms with E-state index in [0.717, 1.165) is 11.3 Å². The third-order valence-electron chi connectivity index (χ3n) is 4.08. The Balaban J connectivity index is 1.59. The van der Waals surface area contributed by atoms with Crippen molar-refractivity contribution in [1.82, 2.24) is 15.1 Å². The molecule has 0 unspecified atom stereocenters. The van der Waals surface area contributed by atoms with Crippen molar-refractivity contribution in [1.29, 1.82) is 0 Å². The molecule has 2 N–H and O–H groups in total. The number of carbonyl (C=O) groups excluding carboxylic acids is 2. The molecule has 1 aromatic carbocycles. The number of morpholine rings is 1. The third-order valence-corrected chi connectivity index (χ3v) is 5.21. The summed E-state index contributed by atoms with van der Waals surface area (Å²) in [5.41, 5.74) is 0.364. The highest BCUT2D eigenvalue weighted by Gasteiger charge is 2.19. The van der Waals surface area contributed by atoms with Crippen LogP contribution in [0.4, 0.5) is 15.6 Å². The number of urea groups is 1. The maximum atomic E-state index is 12.3. The first kappa shape index (κ1) is 21.1. The molecule has 156 valence electrons. The fraction of sp³-hybridized carbons (Fsp3) is 0.412. The van der Waals surface area contributed by atoms with Gasteiger partial charge in [-0.25, -0.2) is 4.79 Å². The highest BCUT2D eigenvalue weighted by atomic mass is 35.5. The highest BCUT2D eigenvalue weighted by molar-refractivity contribution is 7.15. The van der Waals surface area contributed by atoms with Gasteiger partial charge in [-0.3, -0.25) is 10.1 Å². The lowest BCUT2D eigenvalue weighted by Crippen LogP contribution is -2.41.